The van der Waals surface area contributed by atoms with E-state index in [0.29, 0.717) is 6.42 Å². The molecule has 0 aliphatic rings. The monoisotopic (exact) mass is 255 g/mol. The topological polar surface area (TPSA) is 46.2 Å². The minimum absolute atomic E-state index is 0.188. The second kappa shape index (κ2) is 4.60. The van der Waals surface area contributed by atoms with Gasteiger partial charge in [-0.25, -0.2) is 13.1 Å². The Bertz CT molecular complexity index is 297. The van der Waals surface area contributed by atoms with Crippen LogP contribution in [0.2, 0.25) is 0 Å². The highest BCUT2D eigenvalue weighted by Gasteiger charge is 2.67. The fourth-order valence-corrected chi connectivity index (χ4v) is 1.53. The maximum Gasteiger partial charge on any atom is 0.470 e. The van der Waals surface area contributed by atoms with Crippen molar-refractivity contribution in [1.82, 2.24) is 4.72 Å². The average Bonchev–Trinajstić information content (AvgIpc) is 2.02. The van der Waals surface area contributed by atoms with Gasteiger partial charge in [0.1, 0.15) is 0 Å². The van der Waals surface area contributed by atoms with Crippen molar-refractivity contribution in [1.29, 1.82) is 0 Å². The summed E-state index contributed by atoms with van der Waals surface area (Å²) >= 11 is 0. The zero-order valence-electron chi connectivity index (χ0n) is 7.74. The Labute approximate surface area is 83.7 Å². The van der Waals surface area contributed by atoms with Crippen molar-refractivity contribution >= 4 is 10.0 Å². The molecule has 0 aromatic heterocycles. The van der Waals surface area contributed by atoms with Crippen LogP contribution in [-0.4, -0.2) is 26.4 Å². The van der Waals surface area contributed by atoms with E-state index in [1.807, 2.05) is 0 Å². The Hall–Kier alpha value is -0.440. The van der Waals surface area contributed by atoms with Crippen molar-refractivity contribution in [3.05, 3.63) is 0 Å². The number of rotatable bonds is 5. The summed E-state index contributed by atoms with van der Waals surface area (Å²) in [5.74, 6) is 0. The van der Waals surface area contributed by atoms with Crippen molar-refractivity contribution in [2.24, 2.45) is 0 Å². The van der Waals surface area contributed by atoms with Crippen LogP contribution in [0.4, 0.5) is 22.0 Å². The Morgan fingerprint density at radius 1 is 1.13 bits per heavy atom. The van der Waals surface area contributed by atoms with Crippen LogP contribution in [0.1, 0.15) is 19.8 Å². The summed E-state index contributed by atoms with van der Waals surface area (Å²) in [6.45, 7) is 1.20. The SMILES string of the molecule is CCCCNS(=O)(=O)C(F)(F)C(F)(F)F. The number of hydrogen-bond donors (Lipinski definition) is 1. The third-order valence-electron chi connectivity index (χ3n) is 1.49. The summed E-state index contributed by atoms with van der Waals surface area (Å²) in [5.41, 5.74) is 0. The van der Waals surface area contributed by atoms with Gasteiger partial charge in [0.2, 0.25) is 0 Å². The third-order valence-corrected chi connectivity index (χ3v) is 2.98. The molecule has 0 aromatic rings. The van der Waals surface area contributed by atoms with Crippen LogP contribution in [0, 0.1) is 0 Å². The molecule has 0 rings (SSSR count). The highest BCUT2D eigenvalue weighted by molar-refractivity contribution is 7.90. The van der Waals surface area contributed by atoms with Gasteiger partial charge in [-0.15, -0.1) is 0 Å². The van der Waals surface area contributed by atoms with Crippen molar-refractivity contribution in [3.8, 4) is 0 Å². The van der Waals surface area contributed by atoms with Crippen molar-refractivity contribution in [2.75, 3.05) is 6.54 Å². The molecule has 0 aliphatic heterocycles. The number of sulfonamides is 1. The van der Waals surface area contributed by atoms with E-state index >= 15 is 0 Å². The Morgan fingerprint density at radius 2 is 1.60 bits per heavy atom. The first kappa shape index (κ1) is 14.6. The van der Waals surface area contributed by atoms with Gasteiger partial charge in [-0.3, -0.25) is 0 Å². The van der Waals surface area contributed by atoms with Crippen LogP contribution in [0.25, 0.3) is 0 Å². The largest absolute Gasteiger partial charge is 0.470 e. The minimum atomic E-state index is -6.11. The fourth-order valence-electron chi connectivity index (χ4n) is 0.626. The minimum Gasteiger partial charge on any atom is -0.210 e. The first-order valence-electron chi connectivity index (χ1n) is 4.00. The van der Waals surface area contributed by atoms with E-state index in [9.17, 15) is 30.4 Å². The lowest BCUT2D eigenvalue weighted by molar-refractivity contribution is -0.241. The molecule has 0 saturated heterocycles. The lowest BCUT2D eigenvalue weighted by atomic mass is 10.3. The fraction of sp³-hybridized carbons (Fsp3) is 1.00. The number of unbranched alkanes of at least 4 members (excludes halogenated alkanes) is 1. The molecule has 3 nitrogen and oxygen atoms in total. The van der Waals surface area contributed by atoms with Crippen LogP contribution in [0.15, 0.2) is 0 Å². The van der Waals surface area contributed by atoms with Crippen LogP contribution in [0.3, 0.4) is 0 Å². The average molecular weight is 255 g/mol. The maximum absolute atomic E-state index is 12.4. The summed E-state index contributed by atoms with van der Waals surface area (Å²) in [5, 5.41) is -5.76. The first-order chi connectivity index (χ1) is 6.56. The van der Waals surface area contributed by atoms with Crippen molar-refractivity contribution < 1.29 is 30.4 Å². The third kappa shape index (κ3) is 3.26. The van der Waals surface area contributed by atoms with E-state index in [0.717, 1.165) is 0 Å². The van der Waals surface area contributed by atoms with Gasteiger partial charge < -0.3 is 0 Å². The van der Waals surface area contributed by atoms with Gasteiger partial charge in [0.15, 0.2) is 0 Å². The zero-order valence-corrected chi connectivity index (χ0v) is 8.55. The molecule has 0 fully saturated rings. The highest BCUT2D eigenvalue weighted by atomic mass is 32.2. The molecule has 0 atom stereocenters. The van der Waals surface area contributed by atoms with Gasteiger partial charge >= 0.3 is 11.4 Å². The molecule has 9 heteroatoms. The van der Waals surface area contributed by atoms with Crippen LogP contribution >= 0.6 is 0 Å². The van der Waals surface area contributed by atoms with Crippen molar-refractivity contribution in [2.45, 2.75) is 31.2 Å². The lowest BCUT2D eigenvalue weighted by Gasteiger charge is -2.19. The summed E-state index contributed by atoms with van der Waals surface area (Å²) in [6, 6.07) is 0. The van der Waals surface area contributed by atoms with Gasteiger partial charge in [-0.1, -0.05) is 13.3 Å². The number of nitrogens with one attached hydrogen (secondary N) is 1. The molecule has 0 unspecified atom stereocenters. The molecule has 0 amide bonds. The molecule has 0 aliphatic carbocycles. The molecular weight excluding hydrogens is 245 g/mol. The second-order valence-corrected chi connectivity index (χ2v) is 4.57. The molecule has 0 aromatic carbocycles. The van der Waals surface area contributed by atoms with Crippen molar-refractivity contribution in [3.63, 3.8) is 0 Å². The van der Waals surface area contributed by atoms with E-state index in [2.05, 4.69) is 0 Å². The molecule has 0 bridgehead atoms. The normalized spacial score (nSPS) is 14.3. The van der Waals surface area contributed by atoms with Crippen LogP contribution < -0.4 is 4.72 Å². The molecule has 1 N–H and O–H groups in total. The summed E-state index contributed by atoms with van der Waals surface area (Å²) in [4.78, 5) is 0. The Kier molecular flexibility index (Phi) is 4.47. The highest BCUT2D eigenvalue weighted by Crippen LogP contribution is 2.39. The van der Waals surface area contributed by atoms with E-state index in [1.54, 1.807) is 6.92 Å². The molecule has 0 saturated carbocycles. The summed E-state index contributed by atoms with van der Waals surface area (Å²) in [6.07, 6.45) is -5.45. The van der Waals surface area contributed by atoms with Gasteiger partial charge in [-0.05, 0) is 6.42 Å². The predicted molar refractivity (Wildman–Crippen MR) is 42.8 cm³/mol. The number of alkyl halides is 5. The van der Waals surface area contributed by atoms with Crippen LogP contribution in [0.5, 0.6) is 0 Å². The molecule has 0 spiro atoms. The molecule has 92 valence electrons. The number of halogens is 5. The van der Waals surface area contributed by atoms with Gasteiger partial charge in [0.25, 0.3) is 10.0 Å². The molecular formula is C6H10F5NO2S. The summed E-state index contributed by atoms with van der Waals surface area (Å²) < 4.78 is 82.1. The molecule has 0 radical (unpaired) electrons. The van der Waals surface area contributed by atoms with E-state index < -0.39 is 28.0 Å². The van der Waals surface area contributed by atoms with E-state index in [4.69, 9.17) is 0 Å². The lowest BCUT2D eigenvalue weighted by Crippen LogP contribution is -2.50. The quantitative estimate of drug-likeness (QED) is 0.602. The Morgan fingerprint density at radius 3 is 1.93 bits per heavy atom. The van der Waals surface area contributed by atoms with Gasteiger partial charge in [0, 0.05) is 6.54 Å². The maximum atomic E-state index is 12.4. The van der Waals surface area contributed by atoms with E-state index in [-0.39, 0.29) is 6.42 Å². The standard InChI is InChI=1S/C6H10F5NO2S/c1-2-3-4-12-15(13,14)6(10,11)5(7,8)9/h12H,2-4H2,1H3. The van der Waals surface area contributed by atoms with Gasteiger partial charge in [-0.2, -0.15) is 22.0 Å². The Balaban J connectivity index is 4.73. The predicted octanol–water partition coefficient (Wildman–Crippen LogP) is 1.86. The van der Waals surface area contributed by atoms with Crippen LogP contribution in [-0.2, 0) is 10.0 Å². The molecule has 0 heterocycles. The smallest absolute Gasteiger partial charge is 0.210 e. The zero-order chi connectivity index (χ0) is 12.3. The first-order valence-corrected chi connectivity index (χ1v) is 5.48. The van der Waals surface area contributed by atoms with Gasteiger partial charge in [0.05, 0.1) is 0 Å². The second-order valence-electron chi connectivity index (χ2n) is 2.77. The number of hydrogen-bond acceptors (Lipinski definition) is 2. The molecule has 15 heavy (non-hydrogen) atoms. The van der Waals surface area contributed by atoms with E-state index in [1.165, 1.54) is 4.72 Å². The summed E-state index contributed by atoms with van der Waals surface area (Å²) in [7, 11) is -5.70.